The standard InChI is InChI=1S/C59H98O5/c1-4-7-10-13-16-19-22-25-28-29-30-33-36-39-42-45-48-51-54-62-55-57(64-59(61)53-50-47-44-41-38-35-32-27-24-21-18-15-12-9-6-3)56-63-58(60)52-49-46-43-40-37-34-31-26-23-20-17-14-11-8-5-2/h8,11,16-21,25-28,31-32,37,40,46,49,57H,4-7,9-10,12-15,22-24,29-30,33-36,38-39,41-45,47-48,50-56H2,1-3H3/b11-8-,19-16-,20-17-,21-18-,28-25-,31-26-,32-27-,40-37-,49-46-. The van der Waals surface area contributed by atoms with E-state index in [0.29, 0.717) is 13.0 Å². The summed E-state index contributed by atoms with van der Waals surface area (Å²) in [5.74, 6) is -0.567. The van der Waals surface area contributed by atoms with E-state index in [-0.39, 0.29) is 31.6 Å². The SMILES string of the molecule is CC/C=C\C/C=C\C/C=C\C/C=C\C/C=C\CC(=O)OCC(COCCCCCCCCCC/C=C\C/C=C\CCCCC)OC(=O)CCCCCCC/C=C\C/C=C\CCCCC. The molecule has 0 aliphatic rings. The van der Waals surface area contributed by atoms with Crippen LogP contribution in [0.25, 0.3) is 0 Å². The molecule has 0 saturated heterocycles. The van der Waals surface area contributed by atoms with Crippen LogP contribution in [0, 0.1) is 0 Å². The van der Waals surface area contributed by atoms with Gasteiger partial charge in [-0.1, -0.05) is 214 Å². The van der Waals surface area contributed by atoms with Crippen molar-refractivity contribution in [2.24, 2.45) is 0 Å². The molecule has 0 bridgehead atoms. The van der Waals surface area contributed by atoms with E-state index in [0.717, 1.165) is 83.5 Å². The molecule has 0 N–H and O–H groups in total. The largest absolute Gasteiger partial charge is 0.461 e. The normalized spacial score (nSPS) is 13.1. The molecule has 0 fully saturated rings. The van der Waals surface area contributed by atoms with Crippen molar-refractivity contribution in [3.63, 3.8) is 0 Å². The Labute approximate surface area is 395 Å². The summed E-state index contributed by atoms with van der Waals surface area (Å²) >= 11 is 0. The van der Waals surface area contributed by atoms with Crippen molar-refractivity contribution in [3.05, 3.63) is 109 Å². The zero-order valence-corrected chi connectivity index (χ0v) is 41.8. The van der Waals surface area contributed by atoms with E-state index < -0.39 is 6.10 Å². The van der Waals surface area contributed by atoms with Crippen molar-refractivity contribution in [1.82, 2.24) is 0 Å². The van der Waals surface area contributed by atoms with Crippen molar-refractivity contribution in [2.45, 2.75) is 232 Å². The first-order chi connectivity index (χ1) is 31.6. The molecule has 0 saturated carbocycles. The fourth-order valence-electron chi connectivity index (χ4n) is 6.88. The molecule has 0 radical (unpaired) electrons. The Bertz CT molecular complexity index is 1280. The van der Waals surface area contributed by atoms with Gasteiger partial charge in [0, 0.05) is 13.0 Å². The highest BCUT2D eigenvalue weighted by atomic mass is 16.6. The zero-order chi connectivity index (χ0) is 46.3. The lowest BCUT2D eigenvalue weighted by molar-refractivity contribution is -0.162. The van der Waals surface area contributed by atoms with Crippen LogP contribution in [-0.4, -0.2) is 37.9 Å². The molecule has 0 amide bonds. The van der Waals surface area contributed by atoms with Crippen LogP contribution in [0.2, 0.25) is 0 Å². The first-order valence-corrected chi connectivity index (χ1v) is 26.4. The second-order valence-corrected chi connectivity index (χ2v) is 17.1. The number of carbonyl (C=O) groups excluding carboxylic acids is 2. The lowest BCUT2D eigenvalue weighted by atomic mass is 10.1. The molecule has 0 aromatic carbocycles. The van der Waals surface area contributed by atoms with Gasteiger partial charge in [-0.3, -0.25) is 9.59 Å². The van der Waals surface area contributed by atoms with E-state index in [2.05, 4.69) is 118 Å². The molecule has 1 atom stereocenters. The van der Waals surface area contributed by atoms with E-state index in [4.69, 9.17) is 14.2 Å². The van der Waals surface area contributed by atoms with Gasteiger partial charge in [0.05, 0.1) is 13.0 Å². The molecule has 5 nitrogen and oxygen atoms in total. The van der Waals surface area contributed by atoms with Gasteiger partial charge in [-0.05, 0) is 109 Å². The monoisotopic (exact) mass is 887 g/mol. The first-order valence-electron chi connectivity index (χ1n) is 26.4. The van der Waals surface area contributed by atoms with Crippen molar-refractivity contribution in [1.29, 1.82) is 0 Å². The molecule has 0 rings (SSSR count). The summed E-state index contributed by atoms with van der Waals surface area (Å²) in [5.41, 5.74) is 0. The molecule has 1 unspecified atom stereocenters. The van der Waals surface area contributed by atoms with Crippen LogP contribution >= 0.6 is 0 Å². The minimum atomic E-state index is -0.593. The van der Waals surface area contributed by atoms with Gasteiger partial charge >= 0.3 is 11.9 Å². The molecule has 0 aliphatic carbocycles. The minimum Gasteiger partial charge on any atom is -0.461 e. The molecule has 5 heteroatoms. The van der Waals surface area contributed by atoms with Gasteiger partial charge in [-0.15, -0.1) is 0 Å². The summed E-state index contributed by atoms with van der Waals surface area (Å²) in [7, 11) is 0. The highest BCUT2D eigenvalue weighted by Gasteiger charge is 2.17. The van der Waals surface area contributed by atoms with Gasteiger partial charge in [-0.2, -0.15) is 0 Å². The lowest BCUT2D eigenvalue weighted by Gasteiger charge is -2.18. The van der Waals surface area contributed by atoms with Gasteiger partial charge in [-0.25, -0.2) is 0 Å². The number of esters is 2. The van der Waals surface area contributed by atoms with Crippen molar-refractivity contribution in [2.75, 3.05) is 19.8 Å². The third-order valence-corrected chi connectivity index (χ3v) is 10.8. The van der Waals surface area contributed by atoms with Gasteiger partial charge in [0.2, 0.25) is 0 Å². The van der Waals surface area contributed by atoms with Crippen molar-refractivity contribution < 1.29 is 23.8 Å². The maximum atomic E-state index is 12.8. The molecule has 0 aromatic rings. The molecule has 0 heterocycles. The average Bonchev–Trinajstić information content (AvgIpc) is 3.30. The van der Waals surface area contributed by atoms with Gasteiger partial charge < -0.3 is 14.2 Å². The van der Waals surface area contributed by atoms with Crippen LogP contribution in [0.1, 0.15) is 226 Å². The Balaban J connectivity index is 4.43. The number of ether oxygens (including phenoxy) is 3. The quantitative estimate of drug-likeness (QED) is 0.0346. The van der Waals surface area contributed by atoms with Crippen molar-refractivity contribution >= 4 is 11.9 Å². The summed E-state index contributed by atoms with van der Waals surface area (Å²) in [6.07, 6.45) is 74.1. The lowest BCUT2D eigenvalue weighted by Crippen LogP contribution is -2.30. The fraction of sp³-hybridized carbons (Fsp3) is 0.661. The molecule has 64 heavy (non-hydrogen) atoms. The number of carbonyl (C=O) groups is 2. The Morgan fingerprint density at radius 1 is 0.375 bits per heavy atom. The van der Waals surface area contributed by atoms with Crippen molar-refractivity contribution in [3.8, 4) is 0 Å². The minimum absolute atomic E-state index is 0.0173. The molecular weight excluding hydrogens is 789 g/mol. The predicted molar refractivity (Wildman–Crippen MR) is 279 cm³/mol. The zero-order valence-electron chi connectivity index (χ0n) is 41.8. The summed E-state index contributed by atoms with van der Waals surface area (Å²) in [6.45, 7) is 7.52. The smallest absolute Gasteiger partial charge is 0.309 e. The Morgan fingerprint density at radius 2 is 0.750 bits per heavy atom. The van der Waals surface area contributed by atoms with Crippen LogP contribution in [0.15, 0.2) is 109 Å². The maximum absolute atomic E-state index is 12.8. The number of hydrogen-bond acceptors (Lipinski definition) is 5. The van der Waals surface area contributed by atoms with E-state index >= 15 is 0 Å². The van der Waals surface area contributed by atoms with Gasteiger partial charge in [0.15, 0.2) is 6.10 Å². The number of allylic oxidation sites excluding steroid dienone is 17. The molecule has 0 spiro atoms. The van der Waals surface area contributed by atoms with Crippen LogP contribution in [0.4, 0.5) is 0 Å². The number of unbranched alkanes of at least 4 members (excludes halogenated alkanes) is 19. The highest BCUT2D eigenvalue weighted by molar-refractivity contribution is 5.71. The van der Waals surface area contributed by atoms with E-state index in [1.54, 1.807) is 0 Å². The Kier molecular flexibility index (Phi) is 51.0. The second-order valence-electron chi connectivity index (χ2n) is 17.1. The number of rotatable bonds is 47. The van der Waals surface area contributed by atoms with E-state index in [1.807, 2.05) is 12.2 Å². The predicted octanol–water partition coefficient (Wildman–Crippen LogP) is 18.0. The molecular formula is C59H98O5. The van der Waals surface area contributed by atoms with E-state index in [1.165, 1.54) is 109 Å². The van der Waals surface area contributed by atoms with Gasteiger partial charge in [0.1, 0.15) is 6.61 Å². The average molecular weight is 887 g/mol. The summed E-state index contributed by atoms with van der Waals surface area (Å²) < 4.78 is 17.3. The Morgan fingerprint density at radius 3 is 1.20 bits per heavy atom. The van der Waals surface area contributed by atoms with E-state index in [9.17, 15) is 9.59 Å². The first kappa shape index (κ1) is 60.6. The molecule has 0 aliphatic heterocycles. The third-order valence-electron chi connectivity index (χ3n) is 10.8. The summed E-state index contributed by atoms with van der Waals surface area (Å²) in [4.78, 5) is 25.4. The second kappa shape index (κ2) is 53.9. The molecule has 0 aromatic heterocycles. The fourth-order valence-corrected chi connectivity index (χ4v) is 6.88. The molecule has 364 valence electrons. The Hall–Kier alpha value is -3.44. The van der Waals surface area contributed by atoms with Gasteiger partial charge in [0.25, 0.3) is 0 Å². The number of hydrogen-bond donors (Lipinski definition) is 0. The van der Waals surface area contributed by atoms with Crippen LogP contribution in [0.3, 0.4) is 0 Å². The maximum Gasteiger partial charge on any atom is 0.309 e. The summed E-state index contributed by atoms with van der Waals surface area (Å²) in [5, 5.41) is 0. The summed E-state index contributed by atoms with van der Waals surface area (Å²) in [6, 6.07) is 0. The third kappa shape index (κ3) is 51.2. The van der Waals surface area contributed by atoms with Crippen LogP contribution in [0.5, 0.6) is 0 Å². The topological polar surface area (TPSA) is 61.8 Å². The highest BCUT2D eigenvalue weighted by Crippen LogP contribution is 2.13. The van der Waals surface area contributed by atoms with Crippen LogP contribution < -0.4 is 0 Å². The van der Waals surface area contributed by atoms with Crippen LogP contribution in [-0.2, 0) is 23.8 Å².